The molecular formula is C21H42Si. The normalized spacial score (nSPS) is 11.5. The van der Waals surface area contributed by atoms with Crippen molar-refractivity contribution < 1.29 is 0 Å². The predicted molar refractivity (Wildman–Crippen MR) is 107 cm³/mol. The Morgan fingerprint density at radius 1 is 0.545 bits per heavy atom. The van der Waals surface area contributed by atoms with E-state index in [9.17, 15) is 0 Å². The van der Waals surface area contributed by atoms with Crippen molar-refractivity contribution in [3.63, 3.8) is 0 Å². The van der Waals surface area contributed by atoms with Crippen LogP contribution in [0.5, 0.6) is 0 Å². The molecule has 0 saturated carbocycles. The third-order valence-corrected chi connectivity index (χ3v) is 9.25. The Morgan fingerprint density at radius 2 is 0.864 bits per heavy atom. The Bertz CT molecular complexity index is 249. The quantitative estimate of drug-likeness (QED) is 0.188. The first-order valence-electron chi connectivity index (χ1n) is 10.0. The topological polar surface area (TPSA) is 0 Å². The van der Waals surface area contributed by atoms with Crippen molar-refractivity contribution in [3.8, 4) is 0 Å². The molecule has 0 saturated heterocycles. The average molecular weight is 323 g/mol. The summed E-state index contributed by atoms with van der Waals surface area (Å²) in [6.07, 6.45) is 18.3. The minimum absolute atomic E-state index is 1.34. The van der Waals surface area contributed by atoms with Gasteiger partial charge in [-0.3, -0.25) is 0 Å². The second kappa shape index (κ2) is 15.6. The number of hydrogen-bond acceptors (Lipinski definition) is 0. The van der Waals surface area contributed by atoms with Gasteiger partial charge in [-0.05, 0) is 0 Å². The van der Waals surface area contributed by atoms with Gasteiger partial charge in [0.2, 0.25) is 0 Å². The van der Waals surface area contributed by atoms with Gasteiger partial charge in [0.15, 0.2) is 0 Å². The molecule has 0 N–H and O–H groups in total. The number of unbranched alkanes of at least 4 members (excludes halogenated alkanes) is 11. The summed E-state index contributed by atoms with van der Waals surface area (Å²) in [7, 11) is -1.36. The van der Waals surface area contributed by atoms with Crippen LogP contribution < -0.4 is 0 Å². The summed E-state index contributed by atoms with van der Waals surface area (Å²) in [4.78, 5) is 0. The fourth-order valence-corrected chi connectivity index (χ4v) is 6.31. The predicted octanol–water partition coefficient (Wildman–Crippen LogP) is 8.00. The molecule has 0 atom stereocenters. The molecule has 22 heavy (non-hydrogen) atoms. The first kappa shape index (κ1) is 21.7. The highest BCUT2D eigenvalue weighted by Gasteiger charge is 2.24. The van der Waals surface area contributed by atoms with Gasteiger partial charge in [0, 0.05) is 0 Å². The van der Waals surface area contributed by atoms with E-state index in [-0.39, 0.29) is 0 Å². The van der Waals surface area contributed by atoms with E-state index >= 15 is 0 Å². The zero-order chi connectivity index (χ0) is 16.5. The monoisotopic (exact) mass is 322 g/mol. The fraction of sp³-hybridized carbons (Fsp3) is 0.810. The summed E-state index contributed by atoms with van der Waals surface area (Å²) in [5.74, 6) is 0. The molecule has 0 aromatic heterocycles. The first-order valence-corrected chi connectivity index (χ1v) is 12.6. The van der Waals surface area contributed by atoms with E-state index in [1.165, 1.54) is 95.6 Å². The highest BCUT2D eigenvalue weighted by molar-refractivity contribution is 6.88. The molecule has 0 fully saturated rings. The Morgan fingerprint density at radius 3 is 1.18 bits per heavy atom. The molecule has 0 nitrogen and oxygen atoms in total. The van der Waals surface area contributed by atoms with Crippen molar-refractivity contribution in [1.82, 2.24) is 0 Å². The maximum absolute atomic E-state index is 4.16. The molecule has 0 aliphatic rings. The van der Waals surface area contributed by atoms with Crippen molar-refractivity contribution in [2.45, 2.75) is 109 Å². The van der Waals surface area contributed by atoms with Gasteiger partial charge in [-0.2, -0.15) is 0 Å². The summed E-state index contributed by atoms with van der Waals surface area (Å²) in [5.41, 5.74) is 4.62. The van der Waals surface area contributed by atoms with Gasteiger partial charge < -0.3 is 0 Å². The lowest BCUT2D eigenvalue weighted by Crippen LogP contribution is -2.29. The van der Waals surface area contributed by atoms with Crippen molar-refractivity contribution in [2.24, 2.45) is 0 Å². The van der Waals surface area contributed by atoms with Gasteiger partial charge in [-0.1, -0.05) is 121 Å². The van der Waals surface area contributed by atoms with Gasteiger partial charge in [0.25, 0.3) is 0 Å². The standard InChI is InChI=1S/C21H42Si/c1-5-9-11-13-15-17-19-21-22(7-3,8-4)20-18-16-14-12-10-6-2/h7-8H,3-6,9-21H2,1-2H3. The lowest BCUT2D eigenvalue weighted by atomic mass is 10.1. The molecule has 0 heterocycles. The van der Waals surface area contributed by atoms with Crippen LogP contribution in [0.15, 0.2) is 24.6 Å². The van der Waals surface area contributed by atoms with Gasteiger partial charge in [-0.15, -0.1) is 13.2 Å². The molecule has 0 spiro atoms. The Hall–Kier alpha value is -0.303. The molecule has 130 valence electrons. The Balaban J connectivity index is 3.81. The summed E-state index contributed by atoms with van der Waals surface area (Å²) in [6, 6.07) is 2.78. The molecule has 0 amide bonds. The largest absolute Gasteiger partial charge is 0.107 e. The smallest absolute Gasteiger partial charge is 0.100 e. The summed E-state index contributed by atoms with van der Waals surface area (Å²) in [6.45, 7) is 12.9. The lowest BCUT2D eigenvalue weighted by molar-refractivity contribution is 0.599. The highest BCUT2D eigenvalue weighted by Crippen LogP contribution is 2.25. The zero-order valence-corrected chi connectivity index (χ0v) is 16.7. The third-order valence-electron chi connectivity index (χ3n) is 5.05. The Kier molecular flexibility index (Phi) is 15.4. The van der Waals surface area contributed by atoms with Gasteiger partial charge in [0.1, 0.15) is 8.07 Å². The fourth-order valence-electron chi connectivity index (χ4n) is 3.26. The van der Waals surface area contributed by atoms with Crippen LogP contribution in [0.25, 0.3) is 0 Å². The average Bonchev–Trinajstić information content (AvgIpc) is 2.55. The molecule has 0 rings (SSSR count). The first-order chi connectivity index (χ1) is 10.7. The van der Waals surface area contributed by atoms with Crippen molar-refractivity contribution in [1.29, 1.82) is 0 Å². The number of rotatable bonds is 17. The van der Waals surface area contributed by atoms with Crippen LogP contribution in [-0.2, 0) is 0 Å². The van der Waals surface area contributed by atoms with Crippen molar-refractivity contribution in [3.05, 3.63) is 24.6 Å². The van der Waals surface area contributed by atoms with E-state index in [1.807, 2.05) is 0 Å². The van der Waals surface area contributed by atoms with Crippen LogP contribution in [0.3, 0.4) is 0 Å². The van der Waals surface area contributed by atoms with Crippen LogP contribution >= 0.6 is 0 Å². The minimum atomic E-state index is -1.36. The molecule has 0 radical (unpaired) electrons. The maximum Gasteiger partial charge on any atom is 0.100 e. The second-order valence-corrected chi connectivity index (χ2v) is 11.3. The van der Waals surface area contributed by atoms with Gasteiger partial charge in [-0.25, -0.2) is 0 Å². The number of hydrogen-bond donors (Lipinski definition) is 0. The van der Waals surface area contributed by atoms with E-state index in [2.05, 4.69) is 38.4 Å². The second-order valence-electron chi connectivity index (χ2n) is 7.03. The highest BCUT2D eigenvalue weighted by atomic mass is 28.3. The molecule has 0 bridgehead atoms. The summed E-state index contributed by atoms with van der Waals surface area (Å²) in [5, 5.41) is 0. The van der Waals surface area contributed by atoms with E-state index in [0.29, 0.717) is 0 Å². The molecule has 0 aromatic carbocycles. The SMILES string of the molecule is C=C[Si](C=C)(CCCCCCCC)CCCCCCCCC. The maximum atomic E-state index is 4.16. The lowest BCUT2D eigenvalue weighted by Gasteiger charge is -2.24. The van der Waals surface area contributed by atoms with E-state index in [4.69, 9.17) is 0 Å². The van der Waals surface area contributed by atoms with Crippen LogP contribution in [0.1, 0.15) is 97.3 Å². The minimum Gasteiger partial charge on any atom is -0.107 e. The van der Waals surface area contributed by atoms with E-state index < -0.39 is 8.07 Å². The van der Waals surface area contributed by atoms with Crippen LogP contribution in [0.2, 0.25) is 12.1 Å². The Labute approximate surface area is 142 Å². The molecule has 0 aliphatic heterocycles. The van der Waals surface area contributed by atoms with Crippen LogP contribution in [0, 0.1) is 0 Å². The molecule has 1 heteroatoms. The summed E-state index contributed by atoms with van der Waals surface area (Å²) < 4.78 is 0. The molecule has 0 aromatic rings. The van der Waals surface area contributed by atoms with Crippen LogP contribution in [-0.4, -0.2) is 8.07 Å². The third kappa shape index (κ3) is 11.3. The summed E-state index contributed by atoms with van der Waals surface area (Å²) >= 11 is 0. The van der Waals surface area contributed by atoms with Crippen LogP contribution in [0.4, 0.5) is 0 Å². The van der Waals surface area contributed by atoms with Crippen molar-refractivity contribution in [2.75, 3.05) is 0 Å². The van der Waals surface area contributed by atoms with Crippen molar-refractivity contribution >= 4 is 8.07 Å². The van der Waals surface area contributed by atoms with Gasteiger partial charge >= 0.3 is 0 Å². The molecular weight excluding hydrogens is 280 g/mol. The van der Waals surface area contributed by atoms with Gasteiger partial charge in [0.05, 0.1) is 0 Å². The molecule has 0 unspecified atom stereocenters. The molecule has 0 aliphatic carbocycles. The van der Waals surface area contributed by atoms with E-state index in [1.54, 1.807) is 0 Å². The van der Waals surface area contributed by atoms with E-state index in [0.717, 1.165) is 0 Å². The zero-order valence-electron chi connectivity index (χ0n) is 15.7.